The molecule has 3 atom stereocenters. The summed E-state index contributed by atoms with van der Waals surface area (Å²) in [5, 5.41) is 13.1. The van der Waals surface area contributed by atoms with Crippen molar-refractivity contribution in [2.75, 3.05) is 18.4 Å². The molecule has 10 heteroatoms. The van der Waals surface area contributed by atoms with E-state index in [1.807, 2.05) is 32.3 Å². The molecular weight excluding hydrogens is 388 g/mol. The number of likely N-dealkylation sites (tertiary alicyclic amines) is 1. The number of nitrogens with one attached hydrogen (secondary N) is 1. The Morgan fingerprint density at radius 1 is 1.37 bits per heavy atom. The van der Waals surface area contributed by atoms with Crippen LogP contribution in [-0.2, 0) is 11.3 Å². The molecule has 2 aromatic rings. The Bertz CT molecular complexity index is 891. The second-order valence-corrected chi connectivity index (χ2v) is 8.68. The molecule has 0 aliphatic carbocycles. The Kier molecular flexibility index (Phi) is 6.35. The summed E-state index contributed by atoms with van der Waals surface area (Å²) < 4.78 is 13.1. The van der Waals surface area contributed by atoms with Crippen LogP contribution in [0.4, 0.5) is 10.6 Å². The molecule has 10 nitrogen and oxygen atoms in total. The van der Waals surface area contributed by atoms with E-state index in [-0.39, 0.29) is 18.1 Å². The fourth-order valence-electron chi connectivity index (χ4n) is 3.14. The van der Waals surface area contributed by atoms with E-state index in [0.717, 1.165) is 6.42 Å². The minimum absolute atomic E-state index is 0.00411. The Morgan fingerprint density at radius 2 is 2.10 bits per heavy atom. The second kappa shape index (κ2) is 8.63. The molecule has 2 N–H and O–H groups in total. The van der Waals surface area contributed by atoms with Crippen molar-refractivity contribution in [2.24, 2.45) is 0 Å². The van der Waals surface area contributed by atoms with Gasteiger partial charge < -0.3 is 29.4 Å². The molecule has 0 bridgehead atoms. The molecule has 1 saturated heterocycles. The third-order valence-electron chi connectivity index (χ3n) is 4.94. The van der Waals surface area contributed by atoms with Gasteiger partial charge in [0, 0.05) is 25.7 Å². The van der Waals surface area contributed by atoms with E-state index in [1.165, 1.54) is 0 Å². The molecule has 166 valence electrons. The van der Waals surface area contributed by atoms with E-state index in [0.29, 0.717) is 36.6 Å². The van der Waals surface area contributed by atoms with Gasteiger partial charge in [-0.15, -0.1) is 0 Å². The maximum absolute atomic E-state index is 12.3. The van der Waals surface area contributed by atoms with Gasteiger partial charge in [0.1, 0.15) is 11.7 Å². The molecular formula is C20H32N6O4. The smallest absolute Gasteiger partial charge is 0.410 e. The van der Waals surface area contributed by atoms with E-state index < -0.39 is 17.8 Å². The molecule has 0 unspecified atom stereocenters. The lowest BCUT2D eigenvalue weighted by molar-refractivity contribution is 0.0293. The highest BCUT2D eigenvalue weighted by Gasteiger charge is 2.30. The number of aliphatic hydroxyl groups excluding tert-OH is 1. The zero-order valence-corrected chi connectivity index (χ0v) is 18.5. The molecule has 30 heavy (non-hydrogen) atoms. The predicted molar refractivity (Wildman–Crippen MR) is 113 cm³/mol. The summed E-state index contributed by atoms with van der Waals surface area (Å²) >= 11 is 0. The van der Waals surface area contributed by atoms with Crippen LogP contribution < -0.4 is 10.1 Å². The number of carbonyl (C=O) groups is 1. The summed E-state index contributed by atoms with van der Waals surface area (Å²) in [7, 11) is 0. The summed E-state index contributed by atoms with van der Waals surface area (Å²) in [4.78, 5) is 27.5. The van der Waals surface area contributed by atoms with Crippen LogP contribution in [-0.4, -0.2) is 72.6 Å². The first-order valence-corrected chi connectivity index (χ1v) is 10.4. The number of nitrogens with zero attached hydrogens (tertiary/aromatic N) is 5. The Balaban J connectivity index is 1.80. The molecule has 3 heterocycles. The predicted octanol–water partition coefficient (Wildman–Crippen LogP) is 2.42. The molecule has 0 saturated carbocycles. The van der Waals surface area contributed by atoms with Crippen LogP contribution in [0, 0.1) is 0 Å². The Morgan fingerprint density at radius 3 is 2.73 bits per heavy atom. The topological polar surface area (TPSA) is 115 Å². The summed E-state index contributed by atoms with van der Waals surface area (Å²) in [6, 6.07) is 0.181. The lowest BCUT2D eigenvalue weighted by atomic mass is 10.2. The maximum atomic E-state index is 12.3. The lowest BCUT2D eigenvalue weighted by Crippen LogP contribution is -2.36. The van der Waals surface area contributed by atoms with Gasteiger partial charge in [0.25, 0.3) is 0 Å². The SMILES string of the molecule is CCn1cnc2c(N[C@H]3CCN(C(=O)OC(C)(C)C)C3)nc(O[C@@H](C)[C@H](C)O)nc21. The molecule has 0 aromatic carbocycles. The average Bonchev–Trinajstić information content (AvgIpc) is 3.27. The number of hydrogen-bond acceptors (Lipinski definition) is 8. The summed E-state index contributed by atoms with van der Waals surface area (Å²) in [6.45, 7) is 12.8. The number of aliphatic hydroxyl groups is 1. The van der Waals surface area contributed by atoms with Gasteiger partial charge in [-0.3, -0.25) is 0 Å². The van der Waals surface area contributed by atoms with Crippen molar-refractivity contribution in [1.82, 2.24) is 24.4 Å². The molecule has 1 aliphatic heterocycles. The third kappa shape index (κ3) is 5.10. The third-order valence-corrected chi connectivity index (χ3v) is 4.94. The second-order valence-electron chi connectivity index (χ2n) is 8.68. The van der Waals surface area contributed by atoms with Crippen molar-refractivity contribution < 1.29 is 19.4 Å². The monoisotopic (exact) mass is 420 g/mol. The average molecular weight is 421 g/mol. The van der Waals surface area contributed by atoms with Crippen molar-refractivity contribution in [3.05, 3.63) is 6.33 Å². The van der Waals surface area contributed by atoms with Crippen LogP contribution in [0.1, 0.15) is 48.0 Å². The quantitative estimate of drug-likeness (QED) is 0.732. The molecule has 2 aromatic heterocycles. The van der Waals surface area contributed by atoms with Crippen molar-refractivity contribution >= 4 is 23.1 Å². The van der Waals surface area contributed by atoms with Gasteiger partial charge in [0.2, 0.25) is 0 Å². The highest BCUT2D eigenvalue weighted by molar-refractivity contribution is 5.83. The largest absolute Gasteiger partial charge is 0.458 e. The van der Waals surface area contributed by atoms with Gasteiger partial charge >= 0.3 is 12.1 Å². The first kappa shape index (κ1) is 22.1. The highest BCUT2D eigenvalue weighted by Crippen LogP contribution is 2.25. The molecule has 3 rings (SSSR count). The van der Waals surface area contributed by atoms with E-state index in [1.54, 1.807) is 25.1 Å². The number of aromatic nitrogens is 4. The number of ether oxygens (including phenoxy) is 2. The van der Waals surface area contributed by atoms with Crippen molar-refractivity contribution in [3.8, 4) is 6.01 Å². The summed E-state index contributed by atoms with van der Waals surface area (Å²) in [6.07, 6.45) is 1.05. The summed E-state index contributed by atoms with van der Waals surface area (Å²) in [5.74, 6) is 0.552. The Hall–Kier alpha value is -2.62. The molecule has 0 spiro atoms. The van der Waals surface area contributed by atoms with Crippen LogP contribution in [0.15, 0.2) is 6.33 Å². The van der Waals surface area contributed by atoms with Gasteiger partial charge in [-0.05, 0) is 48.0 Å². The molecule has 1 fully saturated rings. The van der Waals surface area contributed by atoms with Crippen LogP contribution >= 0.6 is 0 Å². The van der Waals surface area contributed by atoms with Gasteiger partial charge in [0.05, 0.1) is 12.4 Å². The lowest BCUT2D eigenvalue weighted by Gasteiger charge is -2.24. The minimum Gasteiger partial charge on any atom is -0.458 e. The van der Waals surface area contributed by atoms with Crippen molar-refractivity contribution in [3.63, 3.8) is 0 Å². The van der Waals surface area contributed by atoms with Crippen LogP contribution in [0.2, 0.25) is 0 Å². The van der Waals surface area contributed by atoms with E-state index in [9.17, 15) is 9.90 Å². The number of anilines is 1. The van der Waals surface area contributed by atoms with Crippen molar-refractivity contribution in [2.45, 2.75) is 78.4 Å². The summed E-state index contributed by atoms with van der Waals surface area (Å²) in [5.41, 5.74) is 0.774. The number of imidazole rings is 1. The fraction of sp³-hybridized carbons (Fsp3) is 0.700. The van der Waals surface area contributed by atoms with Gasteiger partial charge in [-0.25, -0.2) is 9.78 Å². The number of amides is 1. The zero-order chi connectivity index (χ0) is 22.1. The van der Waals surface area contributed by atoms with Crippen LogP contribution in [0.25, 0.3) is 11.2 Å². The van der Waals surface area contributed by atoms with E-state index >= 15 is 0 Å². The van der Waals surface area contributed by atoms with Gasteiger partial charge in [-0.1, -0.05) is 0 Å². The number of carbonyl (C=O) groups excluding carboxylic acids is 1. The molecule has 1 amide bonds. The fourth-order valence-corrected chi connectivity index (χ4v) is 3.14. The van der Waals surface area contributed by atoms with Gasteiger partial charge in [-0.2, -0.15) is 9.97 Å². The molecule has 0 radical (unpaired) electrons. The number of fused-ring (bicyclic) bond motifs is 1. The van der Waals surface area contributed by atoms with Crippen LogP contribution in [0.3, 0.4) is 0 Å². The normalized spacial score (nSPS) is 19.0. The van der Waals surface area contributed by atoms with E-state index in [4.69, 9.17) is 9.47 Å². The Labute approximate surface area is 176 Å². The number of hydrogen-bond donors (Lipinski definition) is 2. The number of rotatable bonds is 6. The first-order chi connectivity index (χ1) is 14.1. The molecule has 1 aliphatic rings. The highest BCUT2D eigenvalue weighted by atomic mass is 16.6. The van der Waals surface area contributed by atoms with Gasteiger partial charge in [0.15, 0.2) is 17.0 Å². The van der Waals surface area contributed by atoms with Crippen molar-refractivity contribution in [1.29, 1.82) is 0 Å². The maximum Gasteiger partial charge on any atom is 0.410 e. The zero-order valence-electron chi connectivity index (χ0n) is 18.5. The first-order valence-electron chi connectivity index (χ1n) is 10.4. The van der Waals surface area contributed by atoms with Crippen LogP contribution in [0.5, 0.6) is 6.01 Å². The minimum atomic E-state index is -0.658. The number of aryl methyl sites for hydroxylation is 1. The van der Waals surface area contributed by atoms with E-state index in [2.05, 4.69) is 20.3 Å². The standard InChI is InChI=1S/C20H32N6O4/c1-7-25-11-21-15-16(23-18(24-17(15)25)29-13(3)12(2)27)22-14-8-9-26(10-14)19(28)30-20(4,5)6/h11-14,27H,7-10H2,1-6H3,(H,22,23,24)/t12-,13-,14-/m0/s1.